The predicted molar refractivity (Wildman–Crippen MR) is 85.1 cm³/mol. The summed E-state index contributed by atoms with van der Waals surface area (Å²) in [4.78, 5) is 0.386. The molecule has 1 aliphatic carbocycles. The summed E-state index contributed by atoms with van der Waals surface area (Å²) < 4.78 is 7.57. The lowest BCUT2D eigenvalue weighted by Crippen LogP contribution is -2.58. The molecule has 2 rings (SSSR count). The lowest BCUT2D eigenvalue weighted by Gasteiger charge is -2.52. The first-order valence-electron chi connectivity index (χ1n) is 7.00. The van der Waals surface area contributed by atoms with E-state index in [0.29, 0.717) is 17.1 Å². The summed E-state index contributed by atoms with van der Waals surface area (Å²) in [6, 6.07) is 0.335. The van der Waals surface area contributed by atoms with Crippen molar-refractivity contribution in [1.82, 2.24) is 9.78 Å². The van der Waals surface area contributed by atoms with E-state index >= 15 is 0 Å². The lowest BCUT2D eigenvalue weighted by molar-refractivity contribution is -0.0977. The van der Waals surface area contributed by atoms with Crippen molar-refractivity contribution in [2.45, 2.75) is 46.3 Å². The molecule has 20 heavy (non-hydrogen) atoms. The smallest absolute Gasteiger partial charge is 0.134 e. The molecule has 0 spiro atoms. The van der Waals surface area contributed by atoms with Gasteiger partial charge in [-0.1, -0.05) is 26.1 Å². The van der Waals surface area contributed by atoms with Crippen molar-refractivity contribution in [1.29, 1.82) is 0 Å². The number of aromatic nitrogens is 2. The van der Waals surface area contributed by atoms with Crippen LogP contribution in [0, 0.1) is 12.3 Å². The fourth-order valence-electron chi connectivity index (χ4n) is 2.90. The van der Waals surface area contributed by atoms with Crippen LogP contribution in [0.4, 0.5) is 5.82 Å². The standard InChI is InChI=1S/C14H24N4OS/c1-6-19-10-7-9(14(10,3)4)16-13-11(12(15)20)8(2)17-18(13)5/h9-10,16H,6-7H2,1-5H3,(H2,15,20). The number of ether oxygens (including phenoxy) is 1. The van der Waals surface area contributed by atoms with E-state index < -0.39 is 0 Å². The van der Waals surface area contributed by atoms with E-state index in [0.717, 1.165) is 30.1 Å². The molecular formula is C14H24N4OS. The SMILES string of the molecule is CCOC1CC(Nc2c(C(N)=S)c(C)nn2C)C1(C)C. The fourth-order valence-corrected chi connectivity index (χ4v) is 3.14. The summed E-state index contributed by atoms with van der Waals surface area (Å²) in [6.45, 7) is 9.15. The zero-order valence-corrected chi connectivity index (χ0v) is 13.7. The number of hydrogen-bond acceptors (Lipinski definition) is 4. The normalized spacial score (nSPS) is 24.2. The summed E-state index contributed by atoms with van der Waals surface area (Å²) in [6.07, 6.45) is 1.29. The molecule has 6 heteroatoms. The fraction of sp³-hybridized carbons (Fsp3) is 0.714. The maximum Gasteiger partial charge on any atom is 0.134 e. The summed E-state index contributed by atoms with van der Waals surface area (Å²) in [7, 11) is 1.91. The summed E-state index contributed by atoms with van der Waals surface area (Å²) in [5, 5.41) is 7.95. The molecule has 2 atom stereocenters. The lowest BCUT2D eigenvalue weighted by atomic mass is 9.64. The molecule has 0 aromatic carbocycles. The molecule has 112 valence electrons. The van der Waals surface area contributed by atoms with E-state index in [1.807, 2.05) is 25.6 Å². The highest BCUT2D eigenvalue weighted by molar-refractivity contribution is 7.80. The Hall–Kier alpha value is -1.14. The minimum atomic E-state index is 0.0850. The van der Waals surface area contributed by atoms with Crippen molar-refractivity contribution in [2.24, 2.45) is 18.2 Å². The highest BCUT2D eigenvalue weighted by Crippen LogP contribution is 2.44. The molecule has 1 aromatic rings. The Morgan fingerprint density at radius 2 is 2.25 bits per heavy atom. The molecule has 1 aliphatic rings. The van der Waals surface area contributed by atoms with Crippen molar-refractivity contribution >= 4 is 23.0 Å². The molecule has 1 aromatic heterocycles. The minimum Gasteiger partial charge on any atom is -0.389 e. The van der Waals surface area contributed by atoms with Crippen molar-refractivity contribution in [3.8, 4) is 0 Å². The van der Waals surface area contributed by atoms with E-state index in [9.17, 15) is 0 Å². The third-order valence-electron chi connectivity index (χ3n) is 4.33. The average Bonchev–Trinajstić information content (AvgIpc) is 2.62. The predicted octanol–water partition coefficient (Wildman–Crippen LogP) is 1.98. The molecule has 3 N–H and O–H groups in total. The molecular weight excluding hydrogens is 272 g/mol. The Kier molecular flexibility index (Phi) is 4.07. The Labute approximate surface area is 125 Å². The molecule has 0 saturated heterocycles. The molecule has 1 heterocycles. The van der Waals surface area contributed by atoms with Crippen molar-refractivity contribution < 1.29 is 4.74 Å². The number of nitrogens with zero attached hydrogens (tertiary/aromatic N) is 2. The van der Waals surface area contributed by atoms with Crippen LogP contribution in [-0.4, -0.2) is 33.5 Å². The highest BCUT2D eigenvalue weighted by Gasteiger charge is 2.49. The Balaban J connectivity index is 2.18. The maximum absolute atomic E-state index is 5.82. The molecule has 2 unspecified atom stereocenters. The van der Waals surface area contributed by atoms with Crippen molar-refractivity contribution in [3.63, 3.8) is 0 Å². The van der Waals surface area contributed by atoms with Crippen molar-refractivity contribution in [3.05, 3.63) is 11.3 Å². The van der Waals surface area contributed by atoms with Gasteiger partial charge >= 0.3 is 0 Å². The highest BCUT2D eigenvalue weighted by atomic mass is 32.1. The number of rotatable bonds is 5. The van der Waals surface area contributed by atoms with Gasteiger partial charge in [-0.25, -0.2) is 0 Å². The van der Waals surface area contributed by atoms with E-state index in [2.05, 4.69) is 24.3 Å². The first kappa shape index (κ1) is 15.3. The van der Waals surface area contributed by atoms with Crippen LogP contribution in [0.5, 0.6) is 0 Å². The quantitative estimate of drug-likeness (QED) is 0.813. The van der Waals surface area contributed by atoms with Gasteiger partial charge in [-0.2, -0.15) is 5.10 Å². The van der Waals surface area contributed by atoms with Crippen LogP contribution in [0.2, 0.25) is 0 Å². The number of nitrogens with one attached hydrogen (secondary N) is 1. The van der Waals surface area contributed by atoms with Crippen LogP contribution in [0.15, 0.2) is 0 Å². The van der Waals surface area contributed by atoms with Gasteiger partial charge in [0.1, 0.15) is 10.8 Å². The Bertz CT molecular complexity index is 523. The minimum absolute atomic E-state index is 0.0850. The van der Waals surface area contributed by atoms with E-state index in [1.165, 1.54) is 0 Å². The zero-order chi connectivity index (χ0) is 15.1. The van der Waals surface area contributed by atoms with Crippen molar-refractivity contribution in [2.75, 3.05) is 11.9 Å². The van der Waals surface area contributed by atoms with E-state index in [1.54, 1.807) is 0 Å². The van der Waals surface area contributed by atoms with Gasteiger partial charge in [0.05, 0.1) is 17.4 Å². The number of hydrogen-bond donors (Lipinski definition) is 2. The van der Waals surface area contributed by atoms with Crippen LogP contribution >= 0.6 is 12.2 Å². The van der Waals surface area contributed by atoms with E-state index in [4.69, 9.17) is 22.7 Å². The van der Waals surface area contributed by atoms with Crippen LogP contribution in [0.1, 0.15) is 38.4 Å². The van der Waals surface area contributed by atoms with Gasteiger partial charge in [-0.3, -0.25) is 4.68 Å². The summed E-state index contributed by atoms with van der Waals surface area (Å²) in [5.41, 5.74) is 7.61. The third kappa shape index (κ3) is 2.42. The Morgan fingerprint density at radius 1 is 1.60 bits per heavy atom. The summed E-state index contributed by atoms with van der Waals surface area (Å²) >= 11 is 5.14. The second-order valence-corrected chi connectivity index (χ2v) is 6.43. The van der Waals surface area contributed by atoms with Gasteiger partial charge < -0.3 is 15.8 Å². The molecule has 1 saturated carbocycles. The molecule has 0 bridgehead atoms. The molecule has 0 amide bonds. The van der Waals surface area contributed by atoms with Gasteiger partial charge in [0.15, 0.2) is 0 Å². The second-order valence-electron chi connectivity index (χ2n) is 5.99. The van der Waals surface area contributed by atoms with Crippen LogP contribution in [0.3, 0.4) is 0 Å². The monoisotopic (exact) mass is 296 g/mol. The first-order valence-corrected chi connectivity index (χ1v) is 7.41. The van der Waals surface area contributed by atoms with Gasteiger partial charge in [0, 0.05) is 25.1 Å². The molecule has 1 fully saturated rings. The molecule has 0 radical (unpaired) electrons. The second kappa shape index (κ2) is 5.33. The van der Waals surface area contributed by atoms with Crippen LogP contribution in [-0.2, 0) is 11.8 Å². The summed E-state index contributed by atoms with van der Waals surface area (Å²) in [5.74, 6) is 0.906. The van der Waals surface area contributed by atoms with Crippen LogP contribution in [0.25, 0.3) is 0 Å². The largest absolute Gasteiger partial charge is 0.389 e. The van der Waals surface area contributed by atoms with Gasteiger partial charge in [0.25, 0.3) is 0 Å². The third-order valence-corrected chi connectivity index (χ3v) is 4.53. The number of anilines is 1. The number of thiocarbonyl (C=S) groups is 1. The topological polar surface area (TPSA) is 65.1 Å². The van der Waals surface area contributed by atoms with Gasteiger partial charge in [-0.05, 0) is 20.3 Å². The molecule has 0 aliphatic heterocycles. The van der Waals surface area contributed by atoms with Gasteiger partial charge in [0.2, 0.25) is 0 Å². The zero-order valence-electron chi connectivity index (χ0n) is 12.9. The number of nitrogens with two attached hydrogens (primary N) is 1. The Morgan fingerprint density at radius 3 is 2.75 bits per heavy atom. The first-order chi connectivity index (χ1) is 9.28. The number of aryl methyl sites for hydroxylation is 2. The molecule has 5 nitrogen and oxygen atoms in total. The van der Waals surface area contributed by atoms with Gasteiger partial charge in [-0.15, -0.1) is 0 Å². The average molecular weight is 296 g/mol. The van der Waals surface area contributed by atoms with Crippen LogP contribution < -0.4 is 11.1 Å². The maximum atomic E-state index is 5.82. The van der Waals surface area contributed by atoms with E-state index in [-0.39, 0.29) is 5.41 Å².